The maximum Gasteiger partial charge on any atom is 0.247 e. The van der Waals surface area contributed by atoms with Crippen molar-refractivity contribution in [1.29, 1.82) is 0 Å². The Balaban J connectivity index is 1.67. The average Bonchev–Trinajstić information content (AvgIpc) is 3.02. The molecule has 0 bridgehead atoms. The van der Waals surface area contributed by atoms with Crippen LogP contribution in [0.3, 0.4) is 0 Å². The summed E-state index contributed by atoms with van der Waals surface area (Å²) in [4.78, 5) is 2.38. The minimum Gasteiger partial charge on any atom is -0.423 e. The fourth-order valence-electron chi connectivity index (χ4n) is 2.54. The van der Waals surface area contributed by atoms with Crippen LogP contribution in [0, 0.1) is 0 Å². The topological polar surface area (TPSA) is 54.2 Å². The van der Waals surface area contributed by atoms with Crippen LogP contribution in [0.1, 0.15) is 13.3 Å². The molecule has 1 saturated heterocycles. The summed E-state index contributed by atoms with van der Waals surface area (Å²) in [6.07, 6.45) is 2.53. The third kappa shape index (κ3) is 2.61. The summed E-state index contributed by atoms with van der Waals surface area (Å²) in [7, 11) is 2.17. The van der Waals surface area contributed by atoms with Crippen LogP contribution in [0.15, 0.2) is 35.1 Å². The predicted molar refractivity (Wildman–Crippen MR) is 73.9 cm³/mol. The summed E-state index contributed by atoms with van der Waals surface area (Å²) < 4.78 is 5.17. The third-order valence-corrected chi connectivity index (χ3v) is 3.75. The maximum absolute atomic E-state index is 5.17. The van der Waals surface area contributed by atoms with Crippen molar-refractivity contribution in [3.63, 3.8) is 0 Å². The van der Waals surface area contributed by atoms with E-state index in [2.05, 4.69) is 46.5 Å². The number of anilines is 1. The minimum absolute atomic E-state index is 0.522. The summed E-state index contributed by atoms with van der Waals surface area (Å²) in [5, 5.41) is 11.1. The highest BCUT2D eigenvalue weighted by molar-refractivity contribution is 5.58. The molecule has 1 aliphatic heterocycles. The molecule has 1 aliphatic rings. The number of hydrogen-bond donors (Lipinski definition) is 1. The number of aromatic nitrogens is 2. The molecule has 0 radical (unpaired) electrons. The summed E-state index contributed by atoms with van der Waals surface area (Å²) in [5.74, 6) is 0.556. The number of nitrogens with one attached hydrogen (secondary N) is 1. The number of nitrogens with zero attached hydrogens (tertiary/aromatic N) is 3. The first kappa shape index (κ1) is 12.2. The van der Waals surface area contributed by atoms with Crippen LogP contribution < -0.4 is 5.32 Å². The van der Waals surface area contributed by atoms with Crippen LogP contribution in [-0.2, 0) is 0 Å². The van der Waals surface area contributed by atoms with E-state index in [1.807, 2.05) is 12.1 Å². The van der Waals surface area contributed by atoms with Crippen LogP contribution in [0.5, 0.6) is 0 Å². The van der Waals surface area contributed by atoms with Crippen LogP contribution >= 0.6 is 0 Å². The second kappa shape index (κ2) is 5.01. The fraction of sp³-hybridized carbons (Fsp3) is 0.429. The fourth-order valence-corrected chi connectivity index (χ4v) is 2.54. The minimum atomic E-state index is 0.522. The van der Waals surface area contributed by atoms with E-state index in [4.69, 9.17) is 4.42 Å². The SMILES string of the molecule is CC1CC(Nc2ccc(-c3nnco3)cc2)CN1C. The summed E-state index contributed by atoms with van der Waals surface area (Å²) in [6.45, 7) is 3.35. The van der Waals surface area contributed by atoms with Crippen LogP contribution in [-0.4, -0.2) is 40.8 Å². The molecule has 1 aromatic carbocycles. The molecule has 19 heavy (non-hydrogen) atoms. The van der Waals surface area contributed by atoms with Crippen molar-refractivity contribution in [2.75, 3.05) is 18.9 Å². The lowest BCUT2D eigenvalue weighted by atomic mass is 10.1. The van der Waals surface area contributed by atoms with E-state index < -0.39 is 0 Å². The Morgan fingerprint density at radius 2 is 2.11 bits per heavy atom. The summed E-state index contributed by atoms with van der Waals surface area (Å²) in [6, 6.07) is 9.28. The van der Waals surface area contributed by atoms with Crippen LogP contribution in [0.25, 0.3) is 11.5 Å². The molecule has 5 heteroatoms. The number of likely N-dealkylation sites (N-methyl/N-ethyl adjacent to an activating group) is 1. The van der Waals surface area contributed by atoms with Gasteiger partial charge in [0.15, 0.2) is 0 Å². The molecule has 1 N–H and O–H groups in total. The van der Waals surface area contributed by atoms with Crippen molar-refractivity contribution in [3.05, 3.63) is 30.7 Å². The smallest absolute Gasteiger partial charge is 0.247 e. The summed E-state index contributed by atoms with van der Waals surface area (Å²) >= 11 is 0. The van der Waals surface area contributed by atoms with Crippen molar-refractivity contribution >= 4 is 5.69 Å². The largest absolute Gasteiger partial charge is 0.423 e. The number of hydrogen-bond acceptors (Lipinski definition) is 5. The summed E-state index contributed by atoms with van der Waals surface area (Å²) in [5.41, 5.74) is 2.08. The Labute approximate surface area is 112 Å². The normalized spacial score (nSPS) is 23.7. The highest BCUT2D eigenvalue weighted by Crippen LogP contribution is 2.22. The maximum atomic E-state index is 5.17. The second-order valence-corrected chi connectivity index (χ2v) is 5.19. The zero-order valence-electron chi connectivity index (χ0n) is 11.2. The van der Waals surface area contributed by atoms with E-state index in [0.29, 0.717) is 18.0 Å². The van der Waals surface area contributed by atoms with Gasteiger partial charge in [0.25, 0.3) is 0 Å². The first-order valence-corrected chi connectivity index (χ1v) is 6.56. The Bertz CT molecular complexity index is 513. The Hall–Kier alpha value is -1.88. The molecule has 5 nitrogen and oxygen atoms in total. The van der Waals surface area contributed by atoms with Gasteiger partial charge in [-0.25, -0.2) is 0 Å². The van der Waals surface area contributed by atoms with Crippen molar-refractivity contribution in [2.24, 2.45) is 0 Å². The lowest BCUT2D eigenvalue weighted by Crippen LogP contribution is -2.24. The second-order valence-electron chi connectivity index (χ2n) is 5.19. The average molecular weight is 258 g/mol. The number of likely N-dealkylation sites (tertiary alicyclic amines) is 1. The highest BCUT2D eigenvalue weighted by atomic mass is 16.4. The quantitative estimate of drug-likeness (QED) is 0.915. The van der Waals surface area contributed by atoms with Gasteiger partial charge >= 0.3 is 0 Å². The third-order valence-electron chi connectivity index (χ3n) is 3.75. The molecule has 3 rings (SSSR count). The number of rotatable bonds is 3. The van der Waals surface area contributed by atoms with E-state index in [1.165, 1.54) is 12.8 Å². The molecule has 0 spiro atoms. The van der Waals surface area contributed by atoms with E-state index in [9.17, 15) is 0 Å². The Morgan fingerprint density at radius 3 is 2.68 bits per heavy atom. The van der Waals surface area contributed by atoms with Crippen molar-refractivity contribution in [2.45, 2.75) is 25.4 Å². The molecule has 0 saturated carbocycles. The molecule has 2 unspecified atom stereocenters. The molecule has 2 aromatic rings. The van der Waals surface area contributed by atoms with Gasteiger partial charge < -0.3 is 14.6 Å². The van der Waals surface area contributed by atoms with Crippen molar-refractivity contribution in [1.82, 2.24) is 15.1 Å². The standard InChI is InChI=1S/C14H18N4O/c1-10-7-13(8-18(10)2)16-12-5-3-11(4-6-12)14-17-15-9-19-14/h3-6,9-10,13,16H,7-8H2,1-2H3. The van der Waals surface area contributed by atoms with E-state index >= 15 is 0 Å². The molecular weight excluding hydrogens is 240 g/mol. The van der Waals surface area contributed by atoms with Gasteiger partial charge in [-0.05, 0) is 44.7 Å². The van der Waals surface area contributed by atoms with Crippen molar-refractivity contribution in [3.8, 4) is 11.5 Å². The van der Waals surface area contributed by atoms with Gasteiger partial charge in [0.1, 0.15) is 0 Å². The zero-order valence-corrected chi connectivity index (χ0v) is 11.2. The van der Waals surface area contributed by atoms with Gasteiger partial charge in [-0.3, -0.25) is 0 Å². The van der Waals surface area contributed by atoms with Gasteiger partial charge in [0.2, 0.25) is 12.3 Å². The lowest BCUT2D eigenvalue weighted by molar-refractivity contribution is 0.330. The molecule has 0 aliphatic carbocycles. The lowest BCUT2D eigenvalue weighted by Gasteiger charge is -2.14. The molecule has 2 heterocycles. The van der Waals surface area contributed by atoms with Gasteiger partial charge in [-0.1, -0.05) is 0 Å². The highest BCUT2D eigenvalue weighted by Gasteiger charge is 2.25. The Morgan fingerprint density at radius 1 is 1.32 bits per heavy atom. The van der Waals surface area contributed by atoms with Crippen LogP contribution in [0.4, 0.5) is 5.69 Å². The van der Waals surface area contributed by atoms with E-state index in [0.717, 1.165) is 17.8 Å². The molecule has 1 aromatic heterocycles. The van der Waals surface area contributed by atoms with Gasteiger partial charge in [-0.15, -0.1) is 10.2 Å². The zero-order chi connectivity index (χ0) is 13.2. The molecule has 100 valence electrons. The van der Waals surface area contributed by atoms with Gasteiger partial charge in [0, 0.05) is 29.9 Å². The molecule has 2 atom stereocenters. The van der Waals surface area contributed by atoms with Gasteiger partial charge in [-0.2, -0.15) is 0 Å². The first-order chi connectivity index (χ1) is 9.22. The molecular formula is C14H18N4O. The van der Waals surface area contributed by atoms with E-state index in [-0.39, 0.29) is 0 Å². The number of benzene rings is 1. The van der Waals surface area contributed by atoms with E-state index in [1.54, 1.807) is 0 Å². The Kier molecular flexibility index (Phi) is 3.21. The van der Waals surface area contributed by atoms with Gasteiger partial charge in [0.05, 0.1) is 0 Å². The van der Waals surface area contributed by atoms with Crippen molar-refractivity contribution < 1.29 is 4.42 Å². The van der Waals surface area contributed by atoms with Crippen LogP contribution in [0.2, 0.25) is 0 Å². The first-order valence-electron chi connectivity index (χ1n) is 6.56. The molecule has 1 fully saturated rings. The monoisotopic (exact) mass is 258 g/mol. The molecule has 0 amide bonds. The predicted octanol–water partition coefficient (Wildman–Crippen LogP) is 2.24.